The van der Waals surface area contributed by atoms with Crippen LogP contribution in [0.15, 0.2) is 12.2 Å². The molecule has 2 heteroatoms. The fraction of sp³-hybridized carbons (Fsp3) is 0.571. The lowest BCUT2D eigenvalue weighted by atomic mass is 9.71. The maximum absolute atomic E-state index is 8.54. The van der Waals surface area contributed by atoms with Crippen molar-refractivity contribution in [2.45, 2.75) is 5.38 Å². The van der Waals surface area contributed by atoms with Gasteiger partial charge in [0.05, 0.1) is 12.0 Å². The van der Waals surface area contributed by atoms with Crippen LogP contribution in [0.3, 0.4) is 0 Å². The Morgan fingerprint density at radius 2 is 1.89 bits per heavy atom. The molecule has 3 rings (SSSR count). The number of nitrogens with zero attached hydrogens (tertiary/aromatic N) is 1. The molecule has 2 unspecified atom stereocenters. The minimum Gasteiger partial charge on any atom is -0.198 e. The molecule has 0 aromatic carbocycles. The van der Waals surface area contributed by atoms with E-state index in [1.807, 2.05) is 0 Å². The Morgan fingerprint density at radius 3 is 2.11 bits per heavy atom. The summed E-state index contributed by atoms with van der Waals surface area (Å²) in [6.07, 6.45) is 4.13. The number of hydrogen-bond acceptors (Lipinski definition) is 1. The van der Waals surface area contributed by atoms with E-state index in [-0.39, 0.29) is 11.3 Å². The Balaban J connectivity index is 2.21. The lowest BCUT2D eigenvalue weighted by molar-refractivity contribution is 0.253. The van der Waals surface area contributed by atoms with E-state index in [1.54, 1.807) is 0 Å². The van der Waals surface area contributed by atoms with Crippen LogP contribution in [-0.2, 0) is 0 Å². The summed E-state index contributed by atoms with van der Waals surface area (Å²) in [5.41, 5.74) is 0. The summed E-state index contributed by atoms with van der Waals surface area (Å²) in [6, 6.07) is 2.25. The van der Waals surface area contributed by atoms with Gasteiger partial charge in [0.2, 0.25) is 0 Å². The summed E-state index contributed by atoms with van der Waals surface area (Å²) in [5.74, 6) is 0.927. The second kappa shape index (κ2) is 1.52. The van der Waals surface area contributed by atoms with Gasteiger partial charge in [-0.3, -0.25) is 0 Å². The summed E-state index contributed by atoms with van der Waals surface area (Å²) < 4.78 is 0. The molecule has 1 fully saturated rings. The maximum Gasteiger partial charge on any atom is 0.0669 e. The molecule has 0 amide bonds. The Hall–Kier alpha value is -0.480. The largest absolute Gasteiger partial charge is 0.198 e. The number of allylic oxidation sites excluding steroid dienone is 2. The summed E-state index contributed by atoms with van der Waals surface area (Å²) >= 11 is 5.87. The second-order valence-corrected chi connectivity index (χ2v) is 3.14. The molecule has 1 nitrogen and oxygen atoms in total. The van der Waals surface area contributed by atoms with Crippen molar-refractivity contribution in [3.05, 3.63) is 12.2 Å². The van der Waals surface area contributed by atoms with Crippen molar-refractivity contribution in [1.29, 1.82) is 5.26 Å². The minimum atomic E-state index is 0.201. The van der Waals surface area contributed by atoms with E-state index < -0.39 is 0 Å². The molecule has 3 aliphatic carbocycles. The SMILES string of the molecule is N#CC1C2C=CC1C2Cl. The first-order valence-corrected chi connectivity index (χ1v) is 3.50. The van der Waals surface area contributed by atoms with E-state index in [0.29, 0.717) is 11.8 Å². The van der Waals surface area contributed by atoms with E-state index >= 15 is 0 Å². The molecule has 0 saturated heterocycles. The van der Waals surface area contributed by atoms with Crippen LogP contribution in [0.25, 0.3) is 0 Å². The highest BCUT2D eigenvalue weighted by atomic mass is 35.5. The Kier molecular flexibility index (Phi) is 0.896. The zero-order valence-corrected chi connectivity index (χ0v) is 5.55. The first-order valence-electron chi connectivity index (χ1n) is 3.06. The van der Waals surface area contributed by atoms with E-state index in [1.165, 1.54) is 0 Å². The van der Waals surface area contributed by atoms with Crippen LogP contribution in [0.4, 0.5) is 0 Å². The normalized spacial score (nSPS) is 52.4. The topological polar surface area (TPSA) is 23.8 Å². The Morgan fingerprint density at radius 1 is 1.33 bits per heavy atom. The molecule has 0 aromatic rings. The van der Waals surface area contributed by atoms with Crippen LogP contribution in [0, 0.1) is 29.1 Å². The van der Waals surface area contributed by atoms with Crippen LogP contribution in [-0.4, -0.2) is 5.38 Å². The molecule has 3 aliphatic rings. The number of nitriles is 1. The lowest BCUT2D eigenvalue weighted by Crippen LogP contribution is -2.40. The third kappa shape index (κ3) is 0.452. The van der Waals surface area contributed by atoms with Crippen LogP contribution >= 0.6 is 11.6 Å². The smallest absolute Gasteiger partial charge is 0.0669 e. The van der Waals surface area contributed by atoms with E-state index in [4.69, 9.17) is 16.9 Å². The van der Waals surface area contributed by atoms with Crippen LogP contribution < -0.4 is 0 Å². The van der Waals surface area contributed by atoms with Crippen LogP contribution in [0.5, 0.6) is 0 Å². The van der Waals surface area contributed by atoms with Crippen molar-refractivity contribution in [2.24, 2.45) is 17.8 Å². The van der Waals surface area contributed by atoms with Crippen LogP contribution in [0.2, 0.25) is 0 Å². The number of rotatable bonds is 0. The van der Waals surface area contributed by atoms with Gasteiger partial charge in [-0.1, -0.05) is 12.2 Å². The fourth-order valence-corrected chi connectivity index (χ4v) is 2.13. The standard InChI is InChI=1S/C7H6ClN/c8-7-4-1-2-5(7)6(4)3-9/h1-2,4-7H. The van der Waals surface area contributed by atoms with Gasteiger partial charge < -0.3 is 0 Å². The lowest BCUT2D eigenvalue weighted by Gasteiger charge is -2.36. The van der Waals surface area contributed by atoms with Gasteiger partial charge in [-0.25, -0.2) is 0 Å². The number of hydrogen-bond donors (Lipinski definition) is 0. The zero-order valence-electron chi connectivity index (χ0n) is 4.79. The highest BCUT2D eigenvalue weighted by Gasteiger charge is 2.51. The van der Waals surface area contributed by atoms with Gasteiger partial charge in [0.15, 0.2) is 0 Å². The monoisotopic (exact) mass is 139 g/mol. The quantitative estimate of drug-likeness (QED) is 0.369. The first-order chi connectivity index (χ1) is 4.34. The van der Waals surface area contributed by atoms with Crippen molar-refractivity contribution in [1.82, 2.24) is 0 Å². The van der Waals surface area contributed by atoms with Gasteiger partial charge in [-0.2, -0.15) is 5.26 Å². The van der Waals surface area contributed by atoms with E-state index in [2.05, 4.69) is 18.2 Å². The minimum absolute atomic E-state index is 0.201. The molecular formula is C7H6ClN. The molecule has 2 bridgehead atoms. The van der Waals surface area contributed by atoms with Crippen molar-refractivity contribution in [3.8, 4) is 6.07 Å². The van der Waals surface area contributed by atoms with E-state index in [0.717, 1.165) is 0 Å². The third-order valence-electron chi connectivity index (χ3n) is 2.27. The van der Waals surface area contributed by atoms with Crippen molar-refractivity contribution in [2.75, 3.05) is 0 Å². The Labute approximate surface area is 58.9 Å². The predicted octanol–water partition coefficient (Wildman–Crippen LogP) is 1.55. The van der Waals surface area contributed by atoms with Gasteiger partial charge in [0.1, 0.15) is 0 Å². The summed E-state index contributed by atoms with van der Waals surface area (Å²) in [6.45, 7) is 0. The Bertz CT molecular complexity index is 189. The van der Waals surface area contributed by atoms with Gasteiger partial charge in [0.25, 0.3) is 0 Å². The molecule has 0 heterocycles. The third-order valence-corrected chi connectivity index (χ3v) is 2.85. The fourth-order valence-electron chi connectivity index (χ4n) is 1.64. The summed E-state index contributed by atoms with van der Waals surface area (Å²) in [4.78, 5) is 0. The molecular weight excluding hydrogens is 134 g/mol. The number of alkyl halides is 1. The predicted molar refractivity (Wildman–Crippen MR) is 34.9 cm³/mol. The summed E-state index contributed by atoms with van der Waals surface area (Å²) in [7, 11) is 0. The van der Waals surface area contributed by atoms with Crippen molar-refractivity contribution in [3.63, 3.8) is 0 Å². The van der Waals surface area contributed by atoms with Crippen molar-refractivity contribution >= 4 is 11.6 Å². The molecule has 1 saturated carbocycles. The van der Waals surface area contributed by atoms with E-state index in [9.17, 15) is 0 Å². The van der Waals surface area contributed by atoms with Gasteiger partial charge in [-0.05, 0) is 0 Å². The molecule has 0 radical (unpaired) electrons. The van der Waals surface area contributed by atoms with Gasteiger partial charge in [-0.15, -0.1) is 11.6 Å². The maximum atomic E-state index is 8.54. The van der Waals surface area contributed by atoms with Crippen molar-refractivity contribution < 1.29 is 0 Å². The molecule has 0 spiro atoms. The average molecular weight is 140 g/mol. The highest BCUT2D eigenvalue weighted by molar-refractivity contribution is 6.22. The van der Waals surface area contributed by atoms with Gasteiger partial charge >= 0.3 is 0 Å². The molecule has 2 atom stereocenters. The number of halogens is 1. The molecule has 46 valence electrons. The molecule has 9 heavy (non-hydrogen) atoms. The molecule has 0 N–H and O–H groups in total. The second-order valence-electron chi connectivity index (χ2n) is 2.64. The molecule has 0 aromatic heterocycles. The first kappa shape index (κ1) is 5.32. The highest BCUT2D eigenvalue weighted by Crippen LogP contribution is 2.51. The summed E-state index contributed by atoms with van der Waals surface area (Å²) in [5, 5.41) is 8.77. The van der Waals surface area contributed by atoms with Crippen LogP contribution in [0.1, 0.15) is 0 Å². The average Bonchev–Trinajstić information content (AvgIpc) is 2.41. The molecule has 0 aliphatic heterocycles. The zero-order chi connectivity index (χ0) is 6.43. The van der Waals surface area contributed by atoms with Gasteiger partial charge in [0, 0.05) is 17.2 Å².